The van der Waals surface area contributed by atoms with Crippen molar-refractivity contribution in [3.8, 4) is 0 Å². The molecule has 6 heteroatoms. The van der Waals surface area contributed by atoms with Gasteiger partial charge in [0.2, 0.25) is 0 Å². The third-order valence-electron chi connectivity index (χ3n) is 3.88. The monoisotopic (exact) mass is 282 g/mol. The highest BCUT2D eigenvalue weighted by Gasteiger charge is 2.37. The van der Waals surface area contributed by atoms with Crippen molar-refractivity contribution in [1.29, 1.82) is 0 Å². The number of hydrogen-bond acceptors (Lipinski definition) is 5. The maximum Gasteiger partial charge on any atom is 0.312 e. The minimum absolute atomic E-state index is 0.0808. The third kappa shape index (κ3) is 2.12. The van der Waals surface area contributed by atoms with E-state index < -0.39 is 11.9 Å². The number of thiazole rings is 1. The highest BCUT2D eigenvalue weighted by atomic mass is 32.1. The Hall–Kier alpha value is -1.14. The quantitative estimate of drug-likeness (QED) is 0.897. The van der Waals surface area contributed by atoms with E-state index in [1.807, 2.05) is 0 Å². The Morgan fingerprint density at radius 1 is 1.58 bits per heavy atom. The van der Waals surface area contributed by atoms with Crippen molar-refractivity contribution in [3.63, 3.8) is 0 Å². The van der Waals surface area contributed by atoms with Gasteiger partial charge in [0, 0.05) is 11.4 Å². The third-order valence-corrected chi connectivity index (χ3v) is 5.03. The molecule has 0 bridgehead atoms. The second kappa shape index (κ2) is 4.45. The number of carbonyl (C=O) groups is 1. The summed E-state index contributed by atoms with van der Waals surface area (Å²) in [4.78, 5) is 19.2. The number of hydrogen-bond donors (Lipinski definition) is 1. The number of aryl methyl sites for hydroxylation is 1. The SMILES string of the molecule is CC1(C)COCCN1c1nc2c(s1)CCC2C(=O)O. The van der Waals surface area contributed by atoms with Gasteiger partial charge in [0.15, 0.2) is 5.13 Å². The van der Waals surface area contributed by atoms with E-state index in [0.717, 1.165) is 28.7 Å². The molecule has 1 aromatic heterocycles. The largest absolute Gasteiger partial charge is 0.481 e. The molecule has 0 spiro atoms. The highest BCUT2D eigenvalue weighted by molar-refractivity contribution is 7.15. The van der Waals surface area contributed by atoms with Crippen molar-refractivity contribution >= 4 is 22.4 Å². The first-order valence-electron chi connectivity index (χ1n) is 6.57. The minimum atomic E-state index is -0.753. The molecule has 104 valence electrons. The summed E-state index contributed by atoms with van der Waals surface area (Å²) in [5.74, 6) is -1.17. The Morgan fingerprint density at radius 2 is 2.37 bits per heavy atom. The summed E-state index contributed by atoms with van der Waals surface area (Å²) in [7, 11) is 0. The lowest BCUT2D eigenvalue weighted by Gasteiger charge is -2.42. The molecule has 0 saturated carbocycles. The van der Waals surface area contributed by atoms with Crippen LogP contribution >= 0.6 is 11.3 Å². The van der Waals surface area contributed by atoms with Crippen molar-refractivity contribution in [2.75, 3.05) is 24.7 Å². The normalized spacial score (nSPS) is 25.4. The predicted molar refractivity (Wildman–Crippen MR) is 73.1 cm³/mol. The molecule has 1 saturated heterocycles. The van der Waals surface area contributed by atoms with Gasteiger partial charge in [-0.2, -0.15) is 0 Å². The van der Waals surface area contributed by atoms with Crippen LogP contribution in [-0.2, 0) is 16.0 Å². The van der Waals surface area contributed by atoms with E-state index in [1.165, 1.54) is 0 Å². The number of morpholine rings is 1. The summed E-state index contributed by atoms with van der Waals surface area (Å²) < 4.78 is 5.51. The van der Waals surface area contributed by atoms with Crippen LogP contribution in [0.1, 0.15) is 36.8 Å². The van der Waals surface area contributed by atoms with Crippen LogP contribution in [0.2, 0.25) is 0 Å². The van der Waals surface area contributed by atoms with Crippen molar-refractivity contribution < 1.29 is 14.6 Å². The van der Waals surface area contributed by atoms with Gasteiger partial charge in [-0.15, -0.1) is 11.3 Å². The number of fused-ring (bicyclic) bond motifs is 1. The lowest BCUT2D eigenvalue weighted by Crippen LogP contribution is -2.53. The predicted octanol–water partition coefficient (Wildman–Crippen LogP) is 1.87. The Morgan fingerprint density at radius 3 is 3.05 bits per heavy atom. The molecule has 0 radical (unpaired) electrons. The van der Waals surface area contributed by atoms with Crippen LogP contribution in [0.5, 0.6) is 0 Å². The number of aliphatic carboxylic acids is 1. The standard InChI is InChI=1S/C13H18N2O3S/c1-13(2)7-18-6-5-15(13)12-14-10-8(11(16)17)3-4-9(10)19-12/h8H,3-7H2,1-2H3,(H,16,17). The van der Waals surface area contributed by atoms with Gasteiger partial charge >= 0.3 is 5.97 Å². The van der Waals surface area contributed by atoms with Crippen molar-refractivity contribution in [2.45, 2.75) is 38.1 Å². The molecule has 1 atom stereocenters. The van der Waals surface area contributed by atoms with E-state index >= 15 is 0 Å². The number of nitrogens with zero attached hydrogens (tertiary/aromatic N) is 2. The van der Waals surface area contributed by atoms with Gasteiger partial charge in [-0.3, -0.25) is 4.79 Å². The van der Waals surface area contributed by atoms with E-state index in [0.29, 0.717) is 19.6 Å². The Balaban J connectivity index is 1.91. The number of aromatic nitrogens is 1. The van der Waals surface area contributed by atoms with Gasteiger partial charge in [-0.1, -0.05) is 0 Å². The molecule has 1 aliphatic carbocycles. The number of rotatable bonds is 2. The molecule has 19 heavy (non-hydrogen) atoms. The Labute approximate surface area is 116 Å². The zero-order chi connectivity index (χ0) is 13.6. The number of ether oxygens (including phenoxy) is 1. The van der Waals surface area contributed by atoms with Crippen LogP contribution in [0.15, 0.2) is 0 Å². The molecule has 0 aromatic carbocycles. The first-order valence-corrected chi connectivity index (χ1v) is 7.38. The number of carboxylic acids is 1. The zero-order valence-electron chi connectivity index (χ0n) is 11.2. The highest BCUT2D eigenvalue weighted by Crippen LogP contribution is 2.41. The Bertz CT molecular complexity index is 512. The average Bonchev–Trinajstić information content (AvgIpc) is 2.86. The molecule has 1 aromatic rings. The fourth-order valence-electron chi connectivity index (χ4n) is 2.78. The summed E-state index contributed by atoms with van der Waals surface area (Å²) in [5.41, 5.74) is 0.706. The molecule has 1 unspecified atom stereocenters. The van der Waals surface area contributed by atoms with Gasteiger partial charge in [0.1, 0.15) is 5.92 Å². The van der Waals surface area contributed by atoms with E-state index in [-0.39, 0.29) is 5.54 Å². The van der Waals surface area contributed by atoms with Crippen LogP contribution in [0.25, 0.3) is 0 Å². The first kappa shape index (κ1) is 12.9. The smallest absolute Gasteiger partial charge is 0.312 e. The lowest BCUT2D eigenvalue weighted by atomic mass is 10.0. The zero-order valence-corrected chi connectivity index (χ0v) is 12.0. The van der Waals surface area contributed by atoms with Gasteiger partial charge in [-0.05, 0) is 26.7 Å². The molecule has 5 nitrogen and oxygen atoms in total. The molecule has 1 fully saturated rings. The van der Waals surface area contributed by atoms with Gasteiger partial charge < -0.3 is 14.7 Å². The molecule has 0 amide bonds. The van der Waals surface area contributed by atoms with Crippen LogP contribution in [-0.4, -0.2) is 41.4 Å². The van der Waals surface area contributed by atoms with Crippen LogP contribution in [0.4, 0.5) is 5.13 Å². The molecular weight excluding hydrogens is 264 g/mol. The summed E-state index contributed by atoms with van der Waals surface area (Å²) in [6.45, 7) is 6.47. The fraction of sp³-hybridized carbons (Fsp3) is 0.692. The maximum atomic E-state index is 11.2. The lowest BCUT2D eigenvalue weighted by molar-refractivity contribution is -0.138. The van der Waals surface area contributed by atoms with E-state index in [4.69, 9.17) is 4.74 Å². The van der Waals surface area contributed by atoms with Crippen molar-refractivity contribution in [3.05, 3.63) is 10.6 Å². The summed E-state index contributed by atoms with van der Waals surface area (Å²) in [5, 5.41) is 10.2. The Kier molecular flexibility index (Phi) is 3.02. The van der Waals surface area contributed by atoms with Crippen molar-refractivity contribution in [1.82, 2.24) is 4.98 Å². The molecular formula is C13H18N2O3S. The van der Waals surface area contributed by atoms with E-state index in [9.17, 15) is 9.90 Å². The topological polar surface area (TPSA) is 62.7 Å². The minimum Gasteiger partial charge on any atom is -0.481 e. The average molecular weight is 282 g/mol. The first-order chi connectivity index (χ1) is 8.99. The van der Waals surface area contributed by atoms with E-state index in [2.05, 4.69) is 23.7 Å². The molecule has 1 N–H and O–H groups in total. The van der Waals surface area contributed by atoms with Gasteiger partial charge in [0.05, 0.1) is 24.4 Å². The van der Waals surface area contributed by atoms with Crippen LogP contribution in [0, 0.1) is 0 Å². The maximum absolute atomic E-state index is 11.2. The van der Waals surface area contributed by atoms with Crippen LogP contribution < -0.4 is 4.90 Å². The summed E-state index contributed by atoms with van der Waals surface area (Å²) in [6.07, 6.45) is 1.53. The molecule has 2 aliphatic rings. The van der Waals surface area contributed by atoms with Gasteiger partial charge in [0.25, 0.3) is 0 Å². The van der Waals surface area contributed by atoms with E-state index in [1.54, 1.807) is 11.3 Å². The second-order valence-corrected chi connectivity index (χ2v) is 6.81. The van der Waals surface area contributed by atoms with Crippen LogP contribution in [0.3, 0.4) is 0 Å². The molecule has 3 rings (SSSR count). The van der Waals surface area contributed by atoms with Crippen molar-refractivity contribution in [2.24, 2.45) is 0 Å². The summed E-state index contributed by atoms with van der Waals surface area (Å²) >= 11 is 1.65. The molecule has 2 heterocycles. The second-order valence-electron chi connectivity index (χ2n) is 5.75. The number of anilines is 1. The molecule has 1 aliphatic heterocycles. The number of carboxylic acid groups (broad SMARTS) is 1. The van der Waals surface area contributed by atoms with Gasteiger partial charge in [-0.25, -0.2) is 4.98 Å². The summed E-state index contributed by atoms with van der Waals surface area (Å²) in [6, 6.07) is 0. The fourth-order valence-corrected chi connectivity index (χ4v) is 4.11.